The second-order valence-corrected chi connectivity index (χ2v) is 13.2. The van der Waals surface area contributed by atoms with Gasteiger partial charge in [-0.05, 0) is 53.5 Å². The predicted octanol–water partition coefficient (Wildman–Crippen LogP) is 2.97. The SMILES string of the molecule is CCC1(C)Cc2sc3c(c2C1)CCN(c1nccc(-c2cc(N=C(N)/C=C4/CN(C)C(=O)CN4)c(=O)n(C)c2)c1C=O)C3=O. The lowest BCUT2D eigenvalue weighted by Crippen LogP contribution is -2.44. The minimum absolute atomic E-state index is 0.0350. The van der Waals surface area contributed by atoms with E-state index in [1.165, 1.54) is 15.0 Å². The molecule has 3 aliphatic rings. The van der Waals surface area contributed by atoms with Crippen LogP contribution in [0.4, 0.5) is 11.5 Å². The first kappa shape index (κ1) is 29.5. The van der Waals surface area contributed by atoms with Crippen molar-refractivity contribution in [2.45, 2.75) is 39.5 Å². The summed E-state index contributed by atoms with van der Waals surface area (Å²) in [7, 11) is 3.29. The second-order valence-electron chi connectivity index (χ2n) is 12.1. The lowest BCUT2D eigenvalue weighted by atomic mass is 9.84. The number of amidine groups is 1. The Bertz CT molecular complexity index is 1840. The highest BCUT2D eigenvalue weighted by molar-refractivity contribution is 7.14. The average molecular weight is 614 g/mol. The number of amides is 2. The molecular weight excluding hydrogens is 578 g/mol. The van der Waals surface area contributed by atoms with Crippen LogP contribution in [0.5, 0.6) is 0 Å². The molecule has 3 N–H and O–H groups in total. The van der Waals surface area contributed by atoms with Crippen LogP contribution in [0.1, 0.15) is 56.3 Å². The zero-order valence-corrected chi connectivity index (χ0v) is 26.1. The van der Waals surface area contributed by atoms with Gasteiger partial charge in [0, 0.05) is 55.2 Å². The molecule has 3 aromatic heterocycles. The van der Waals surface area contributed by atoms with Crippen LogP contribution in [0.25, 0.3) is 11.1 Å². The van der Waals surface area contributed by atoms with Gasteiger partial charge in [-0.3, -0.25) is 24.1 Å². The van der Waals surface area contributed by atoms with Crippen LogP contribution in [0, 0.1) is 5.41 Å². The summed E-state index contributed by atoms with van der Waals surface area (Å²) in [6, 6.07) is 3.27. The molecule has 0 aromatic carbocycles. The number of anilines is 1. The summed E-state index contributed by atoms with van der Waals surface area (Å²) >= 11 is 1.59. The molecule has 5 heterocycles. The molecule has 6 rings (SSSR count). The van der Waals surface area contributed by atoms with Crippen LogP contribution in [0.2, 0.25) is 0 Å². The van der Waals surface area contributed by atoms with E-state index in [0.717, 1.165) is 29.7 Å². The number of fused-ring (bicyclic) bond motifs is 3. The van der Waals surface area contributed by atoms with Crippen molar-refractivity contribution in [3.05, 3.63) is 73.1 Å². The van der Waals surface area contributed by atoms with E-state index in [9.17, 15) is 19.2 Å². The molecule has 3 aromatic rings. The highest BCUT2D eigenvalue weighted by atomic mass is 32.1. The van der Waals surface area contributed by atoms with Gasteiger partial charge in [0.2, 0.25) is 5.91 Å². The third-order valence-electron chi connectivity index (χ3n) is 8.96. The van der Waals surface area contributed by atoms with E-state index in [-0.39, 0.29) is 46.4 Å². The molecule has 2 amide bonds. The van der Waals surface area contributed by atoms with Gasteiger partial charge >= 0.3 is 0 Å². The number of carbonyl (C=O) groups excluding carboxylic acids is 3. The van der Waals surface area contributed by atoms with Gasteiger partial charge in [-0.1, -0.05) is 20.3 Å². The van der Waals surface area contributed by atoms with Crippen molar-refractivity contribution in [1.29, 1.82) is 0 Å². The zero-order valence-electron chi connectivity index (χ0n) is 25.3. The fraction of sp³-hybridized carbons (Fsp3) is 0.375. The van der Waals surface area contributed by atoms with E-state index in [0.29, 0.717) is 48.4 Å². The van der Waals surface area contributed by atoms with E-state index in [4.69, 9.17) is 5.73 Å². The molecule has 1 fully saturated rings. The van der Waals surface area contributed by atoms with Crippen LogP contribution >= 0.6 is 11.3 Å². The summed E-state index contributed by atoms with van der Waals surface area (Å²) in [5.41, 5.74) is 10.7. The summed E-state index contributed by atoms with van der Waals surface area (Å²) in [6.07, 6.45) is 9.29. The lowest BCUT2D eigenvalue weighted by Gasteiger charge is -2.29. The topological polar surface area (TPSA) is 143 Å². The number of likely N-dealkylation sites (N-methyl/N-ethyl adjacent to an activating group) is 1. The number of nitrogens with zero attached hydrogens (tertiary/aromatic N) is 5. The minimum atomic E-state index is -0.371. The number of aliphatic imine (C=N–C) groups is 1. The first-order valence-corrected chi connectivity index (χ1v) is 15.5. The Labute approximate surface area is 259 Å². The predicted molar refractivity (Wildman–Crippen MR) is 171 cm³/mol. The van der Waals surface area contributed by atoms with E-state index in [2.05, 4.69) is 29.1 Å². The number of rotatable bonds is 6. The molecule has 0 bridgehead atoms. The average Bonchev–Trinajstić information content (AvgIpc) is 3.51. The first-order valence-electron chi connectivity index (χ1n) is 14.6. The number of piperazine rings is 1. The van der Waals surface area contributed by atoms with Gasteiger partial charge in [0.1, 0.15) is 17.3 Å². The number of aromatic nitrogens is 2. The van der Waals surface area contributed by atoms with Crippen molar-refractivity contribution in [2.24, 2.45) is 23.2 Å². The number of thiophene rings is 1. The molecule has 2 aliphatic heterocycles. The molecule has 0 spiro atoms. The van der Waals surface area contributed by atoms with Gasteiger partial charge in [0.15, 0.2) is 6.29 Å². The van der Waals surface area contributed by atoms with Crippen molar-refractivity contribution in [3.63, 3.8) is 0 Å². The number of aryl methyl sites for hydroxylation is 1. The Hall–Kier alpha value is -4.58. The maximum atomic E-state index is 13.8. The molecule has 1 aliphatic carbocycles. The summed E-state index contributed by atoms with van der Waals surface area (Å²) in [4.78, 5) is 65.2. The van der Waals surface area contributed by atoms with Gasteiger partial charge in [-0.2, -0.15) is 0 Å². The zero-order chi connectivity index (χ0) is 31.3. The molecule has 1 atom stereocenters. The summed E-state index contributed by atoms with van der Waals surface area (Å²) in [6.45, 7) is 5.46. The Kier molecular flexibility index (Phi) is 7.48. The van der Waals surface area contributed by atoms with Crippen LogP contribution in [0.3, 0.4) is 0 Å². The van der Waals surface area contributed by atoms with Gasteiger partial charge in [-0.15, -0.1) is 11.3 Å². The normalized spacial score (nSPS) is 21.0. The van der Waals surface area contributed by atoms with Gasteiger partial charge in [0.05, 0.1) is 23.5 Å². The molecule has 1 unspecified atom stereocenters. The lowest BCUT2D eigenvalue weighted by molar-refractivity contribution is -0.129. The second kappa shape index (κ2) is 11.2. The maximum Gasteiger partial charge on any atom is 0.276 e. The maximum absolute atomic E-state index is 13.8. The number of pyridine rings is 2. The van der Waals surface area contributed by atoms with Crippen molar-refractivity contribution in [1.82, 2.24) is 19.8 Å². The third kappa shape index (κ3) is 5.12. The fourth-order valence-corrected chi connectivity index (χ4v) is 7.78. The third-order valence-corrected chi connectivity index (χ3v) is 10.2. The van der Waals surface area contributed by atoms with Gasteiger partial charge < -0.3 is 20.5 Å². The molecule has 0 radical (unpaired) electrons. The van der Waals surface area contributed by atoms with Crippen molar-refractivity contribution < 1.29 is 14.4 Å². The Balaban J connectivity index is 1.33. The van der Waals surface area contributed by atoms with E-state index >= 15 is 0 Å². The number of hydrogen-bond donors (Lipinski definition) is 2. The van der Waals surface area contributed by atoms with E-state index in [1.54, 1.807) is 65.8 Å². The largest absolute Gasteiger partial charge is 0.384 e. The molecule has 11 nitrogen and oxygen atoms in total. The monoisotopic (exact) mass is 613 g/mol. The van der Waals surface area contributed by atoms with Gasteiger partial charge in [0.25, 0.3) is 11.5 Å². The first-order chi connectivity index (χ1) is 21.0. The minimum Gasteiger partial charge on any atom is -0.384 e. The van der Waals surface area contributed by atoms with Crippen molar-refractivity contribution in [3.8, 4) is 11.1 Å². The van der Waals surface area contributed by atoms with Crippen molar-refractivity contribution in [2.75, 3.05) is 31.6 Å². The quantitative estimate of drug-likeness (QED) is 0.247. The van der Waals surface area contributed by atoms with Crippen LogP contribution in [-0.4, -0.2) is 65.1 Å². The highest BCUT2D eigenvalue weighted by Crippen LogP contribution is 2.47. The molecule has 0 saturated carbocycles. The molecule has 44 heavy (non-hydrogen) atoms. The number of nitrogens with one attached hydrogen (secondary N) is 1. The molecule has 12 heteroatoms. The Morgan fingerprint density at radius 1 is 1.23 bits per heavy atom. The number of carbonyl (C=O) groups is 3. The highest BCUT2D eigenvalue weighted by Gasteiger charge is 2.40. The molecular formula is C32H35N7O4S. The Morgan fingerprint density at radius 2 is 2.02 bits per heavy atom. The Morgan fingerprint density at radius 3 is 2.75 bits per heavy atom. The summed E-state index contributed by atoms with van der Waals surface area (Å²) in [5.74, 6) is 0.219. The van der Waals surface area contributed by atoms with Crippen molar-refractivity contribution >= 4 is 46.8 Å². The van der Waals surface area contributed by atoms with Crippen LogP contribution in [-0.2, 0) is 31.1 Å². The number of aldehydes is 1. The molecule has 1 saturated heterocycles. The number of hydrogen-bond acceptors (Lipinski definition) is 8. The van der Waals surface area contributed by atoms with E-state index < -0.39 is 0 Å². The van der Waals surface area contributed by atoms with Gasteiger partial charge in [-0.25, -0.2) is 9.98 Å². The van der Waals surface area contributed by atoms with E-state index in [1.807, 2.05) is 0 Å². The molecule has 228 valence electrons. The fourth-order valence-electron chi connectivity index (χ4n) is 6.25. The summed E-state index contributed by atoms with van der Waals surface area (Å²) in [5, 5.41) is 3.01. The summed E-state index contributed by atoms with van der Waals surface area (Å²) < 4.78 is 1.38. The smallest absolute Gasteiger partial charge is 0.276 e. The standard InChI is InChI=1S/C32H35N7O4S/c1-5-32(2)12-22-21-7-9-39(31(43)28(21)44-25(22)13-32)29-23(17-40)20(6-8-34-29)18-10-24(30(42)38(4)15-18)36-26(33)11-19-16-37(3)27(41)14-35-19/h6,8,10-11,15,17,35H,5,7,9,12-14,16H2,1-4H3,(H2,33,36)/b19-11-. The van der Waals surface area contributed by atoms with Crippen LogP contribution < -0.4 is 21.5 Å². The van der Waals surface area contributed by atoms with Crippen LogP contribution in [0.15, 0.2) is 46.1 Å². The number of nitrogens with two attached hydrogens (primary N) is 1.